The molecule has 0 radical (unpaired) electrons. The van der Waals surface area contributed by atoms with E-state index in [0.29, 0.717) is 11.4 Å². The van der Waals surface area contributed by atoms with E-state index in [4.69, 9.17) is 9.88 Å². The van der Waals surface area contributed by atoms with Gasteiger partial charge in [-0.3, -0.25) is 4.79 Å². The van der Waals surface area contributed by atoms with Gasteiger partial charge in [-0.05, 0) is 52.8 Å². The van der Waals surface area contributed by atoms with Crippen LogP contribution in [-0.2, 0) is 14.8 Å². The number of allylic oxidation sites excluding steroid dienone is 2. The second-order valence-electron chi connectivity index (χ2n) is 8.23. The number of nitrogens with one attached hydrogen (secondary N) is 1. The summed E-state index contributed by atoms with van der Waals surface area (Å²) >= 11 is 0. The zero-order valence-electron chi connectivity index (χ0n) is 16.6. The Balaban J connectivity index is 1.55. The number of hydrogen-bond acceptors (Lipinski definition) is 4. The van der Waals surface area contributed by atoms with E-state index in [1.165, 1.54) is 17.7 Å². The minimum absolute atomic E-state index is 0.00246. The Kier molecular flexibility index (Phi) is 4.55. The molecule has 3 N–H and O–H groups in total. The van der Waals surface area contributed by atoms with Crippen molar-refractivity contribution in [2.45, 2.75) is 31.1 Å². The number of benzene rings is 2. The molecule has 29 heavy (non-hydrogen) atoms. The van der Waals surface area contributed by atoms with Gasteiger partial charge in [-0.15, -0.1) is 0 Å². The maximum absolute atomic E-state index is 13.1. The molecular weight excluding hydrogens is 388 g/mol. The van der Waals surface area contributed by atoms with Gasteiger partial charge in [0.15, 0.2) is 0 Å². The fourth-order valence-electron chi connectivity index (χ4n) is 4.12. The van der Waals surface area contributed by atoms with Crippen molar-refractivity contribution < 1.29 is 17.9 Å². The highest BCUT2D eigenvalue weighted by atomic mass is 32.2. The van der Waals surface area contributed by atoms with E-state index < -0.39 is 10.0 Å². The lowest BCUT2D eigenvalue weighted by Crippen LogP contribution is -2.17. The largest absolute Gasteiger partial charge is 0.495 e. The van der Waals surface area contributed by atoms with Crippen LogP contribution in [0.1, 0.15) is 37.3 Å². The molecular formula is C22H24N2O4S. The topological polar surface area (TPSA) is 98.5 Å². The number of anilines is 1. The number of methoxy groups -OCH3 is 1. The van der Waals surface area contributed by atoms with Gasteiger partial charge < -0.3 is 10.1 Å². The van der Waals surface area contributed by atoms with Crippen LogP contribution in [0.25, 0.3) is 5.57 Å². The number of ether oxygens (including phenoxy) is 1. The maximum Gasteiger partial charge on any atom is 0.238 e. The van der Waals surface area contributed by atoms with E-state index in [2.05, 4.69) is 11.4 Å². The fraction of sp³-hybridized carbons (Fsp3) is 0.318. The van der Waals surface area contributed by atoms with E-state index in [1.807, 2.05) is 32.0 Å². The molecule has 7 heteroatoms. The summed E-state index contributed by atoms with van der Waals surface area (Å²) in [4.78, 5) is 13.1. The zero-order valence-corrected chi connectivity index (χ0v) is 17.4. The van der Waals surface area contributed by atoms with E-state index in [-0.39, 0.29) is 28.1 Å². The molecule has 2 aliphatic carbocycles. The number of nitrogens with two attached hydrogens (primary N) is 1. The molecule has 1 saturated carbocycles. The standard InChI is InChI=1S/C22H24N2O4S/c1-22(2)19(14-6-9-16(10-7-14)29(23,26)27)20(22)21(25)24-17-12-15(13-4-5-13)8-11-18(17)28-3/h4,6-12,19-20H,5H2,1-3H3,(H,24,25)(H2,23,26,27). The molecule has 0 aliphatic heterocycles. The minimum Gasteiger partial charge on any atom is -0.495 e. The second-order valence-corrected chi connectivity index (χ2v) is 9.79. The summed E-state index contributed by atoms with van der Waals surface area (Å²) in [6.07, 6.45) is 3.12. The highest BCUT2D eigenvalue weighted by Gasteiger charge is 2.62. The van der Waals surface area contributed by atoms with Crippen LogP contribution >= 0.6 is 0 Å². The van der Waals surface area contributed by atoms with Crippen LogP contribution in [0.5, 0.6) is 5.75 Å². The van der Waals surface area contributed by atoms with Crippen LogP contribution in [-0.4, -0.2) is 21.4 Å². The molecule has 2 atom stereocenters. The van der Waals surface area contributed by atoms with Gasteiger partial charge in [0.1, 0.15) is 5.75 Å². The Morgan fingerprint density at radius 3 is 2.38 bits per heavy atom. The number of rotatable bonds is 6. The zero-order chi connectivity index (χ0) is 21.0. The average molecular weight is 413 g/mol. The molecule has 0 saturated heterocycles. The van der Waals surface area contributed by atoms with E-state index in [0.717, 1.165) is 17.5 Å². The van der Waals surface area contributed by atoms with Crippen molar-refractivity contribution in [3.63, 3.8) is 0 Å². The Labute approximate surface area is 170 Å². The highest BCUT2D eigenvalue weighted by Crippen LogP contribution is 2.64. The number of carbonyl (C=O) groups excluding carboxylic acids is 1. The number of hydrogen-bond donors (Lipinski definition) is 2. The van der Waals surface area contributed by atoms with E-state index >= 15 is 0 Å². The van der Waals surface area contributed by atoms with Crippen LogP contribution in [0.2, 0.25) is 0 Å². The maximum atomic E-state index is 13.1. The summed E-state index contributed by atoms with van der Waals surface area (Å²) in [5.41, 5.74) is 3.70. The molecule has 0 spiro atoms. The van der Waals surface area contributed by atoms with Crippen molar-refractivity contribution in [1.82, 2.24) is 0 Å². The summed E-state index contributed by atoms with van der Waals surface area (Å²) in [5, 5.41) is 8.20. The molecule has 6 nitrogen and oxygen atoms in total. The molecule has 4 rings (SSSR count). The SMILES string of the molecule is COc1ccc(C2=CC2)cc1NC(=O)C1C(c2ccc(S(N)(=O)=O)cc2)C1(C)C. The third-order valence-electron chi connectivity index (χ3n) is 5.91. The van der Waals surface area contributed by atoms with Crippen molar-refractivity contribution >= 4 is 27.2 Å². The lowest BCUT2D eigenvalue weighted by Gasteiger charge is -2.12. The summed E-state index contributed by atoms with van der Waals surface area (Å²) < 4.78 is 28.3. The van der Waals surface area contributed by atoms with Crippen LogP contribution in [0.4, 0.5) is 5.69 Å². The smallest absolute Gasteiger partial charge is 0.238 e. The third-order valence-corrected chi connectivity index (χ3v) is 6.84. The Morgan fingerprint density at radius 2 is 1.83 bits per heavy atom. The van der Waals surface area contributed by atoms with Crippen molar-refractivity contribution in [1.29, 1.82) is 0 Å². The van der Waals surface area contributed by atoms with Crippen LogP contribution in [0.15, 0.2) is 53.4 Å². The molecule has 0 bridgehead atoms. The van der Waals surface area contributed by atoms with Gasteiger partial charge in [0.2, 0.25) is 15.9 Å². The molecule has 2 unspecified atom stereocenters. The minimum atomic E-state index is -3.74. The quantitative estimate of drug-likeness (QED) is 0.758. The van der Waals surface area contributed by atoms with Crippen molar-refractivity contribution in [3.05, 3.63) is 59.7 Å². The lowest BCUT2D eigenvalue weighted by molar-refractivity contribution is -0.118. The van der Waals surface area contributed by atoms with E-state index in [9.17, 15) is 13.2 Å². The summed E-state index contributed by atoms with van der Waals surface area (Å²) in [6.45, 7) is 4.08. The number of carbonyl (C=O) groups is 1. The van der Waals surface area contributed by atoms with Gasteiger partial charge in [-0.25, -0.2) is 13.6 Å². The molecule has 152 valence electrons. The average Bonchev–Trinajstić information content (AvgIpc) is 3.57. The molecule has 2 aromatic carbocycles. The number of primary sulfonamides is 1. The summed E-state index contributed by atoms with van der Waals surface area (Å²) in [6, 6.07) is 12.3. The Bertz CT molecular complexity index is 1120. The summed E-state index contributed by atoms with van der Waals surface area (Å²) in [5.74, 6) is 0.320. The van der Waals surface area contributed by atoms with Crippen LogP contribution < -0.4 is 15.2 Å². The highest BCUT2D eigenvalue weighted by molar-refractivity contribution is 7.89. The van der Waals surface area contributed by atoms with Crippen LogP contribution in [0, 0.1) is 11.3 Å². The second kappa shape index (κ2) is 6.71. The lowest BCUT2D eigenvalue weighted by atomic mass is 10.0. The first kappa shape index (κ1) is 19.7. The first-order valence-electron chi connectivity index (χ1n) is 9.44. The van der Waals surface area contributed by atoms with Gasteiger partial charge >= 0.3 is 0 Å². The van der Waals surface area contributed by atoms with Gasteiger partial charge in [0.25, 0.3) is 0 Å². The summed E-state index contributed by atoms with van der Waals surface area (Å²) in [7, 11) is -2.15. The third kappa shape index (κ3) is 3.68. The van der Waals surface area contributed by atoms with E-state index in [1.54, 1.807) is 19.2 Å². The normalized spacial score (nSPS) is 21.9. The van der Waals surface area contributed by atoms with Gasteiger partial charge in [0, 0.05) is 5.92 Å². The molecule has 0 heterocycles. The van der Waals surface area contributed by atoms with Gasteiger partial charge in [-0.1, -0.05) is 38.1 Å². The predicted molar refractivity (Wildman–Crippen MR) is 112 cm³/mol. The monoisotopic (exact) mass is 412 g/mol. The number of sulfonamides is 1. The van der Waals surface area contributed by atoms with Gasteiger partial charge in [-0.2, -0.15) is 0 Å². The van der Waals surface area contributed by atoms with Crippen LogP contribution in [0.3, 0.4) is 0 Å². The van der Waals surface area contributed by atoms with Crippen molar-refractivity contribution in [3.8, 4) is 5.75 Å². The molecule has 2 aliphatic rings. The fourth-order valence-corrected chi connectivity index (χ4v) is 4.63. The molecule has 1 amide bonds. The molecule has 2 aromatic rings. The Morgan fingerprint density at radius 1 is 1.17 bits per heavy atom. The van der Waals surface area contributed by atoms with Crippen molar-refractivity contribution in [2.24, 2.45) is 16.5 Å². The van der Waals surface area contributed by atoms with Gasteiger partial charge in [0.05, 0.1) is 23.6 Å². The Hall–Kier alpha value is -2.64. The predicted octanol–water partition coefficient (Wildman–Crippen LogP) is 3.51. The first-order chi connectivity index (χ1) is 13.6. The first-order valence-corrected chi connectivity index (χ1v) is 11.0. The number of amides is 1. The molecule has 0 aromatic heterocycles. The van der Waals surface area contributed by atoms with Crippen molar-refractivity contribution in [2.75, 3.05) is 12.4 Å². The molecule has 1 fully saturated rings.